The highest BCUT2D eigenvalue weighted by atomic mass is 19.2. The molecule has 0 saturated carbocycles. The Balaban J connectivity index is 1.70. The highest BCUT2D eigenvalue weighted by Gasteiger charge is 2.21. The molecule has 0 bridgehead atoms. The molecule has 4 aromatic rings. The Morgan fingerprint density at radius 3 is 2.33 bits per heavy atom. The van der Waals surface area contributed by atoms with Crippen LogP contribution in [0.1, 0.15) is 45.7 Å². The largest absolute Gasteiger partial charge is 0.306 e. The van der Waals surface area contributed by atoms with Gasteiger partial charge in [-0.15, -0.1) is 0 Å². The van der Waals surface area contributed by atoms with Crippen molar-refractivity contribution >= 4 is 5.78 Å². The summed E-state index contributed by atoms with van der Waals surface area (Å²) in [5.41, 5.74) is 1.92. The summed E-state index contributed by atoms with van der Waals surface area (Å²) in [4.78, 5) is 34.3. The van der Waals surface area contributed by atoms with E-state index in [9.17, 15) is 22.8 Å². The van der Waals surface area contributed by atoms with Crippen molar-refractivity contribution in [2.24, 2.45) is 0 Å². The number of nitrogens with zero attached hydrogens (tertiary/aromatic N) is 4. The average molecular weight is 452 g/mol. The molecule has 0 aliphatic rings. The SMILES string of the molecule is Cc1cn(-c2ccc(C(=O)c3cncn(C(C)c4cc(F)c(F)c(F)c4)c3=O)cc2C)cn1. The molecule has 9 heteroatoms. The van der Waals surface area contributed by atoms with Gasteiger partial charge in [0.1, 0.15) is 5.56 Å². The zero-order valence-corrected chi connectivity index (χ0v) is 18.0. The van der Waals surface area contributed by atoms with Crippen molar-refractivity contribution in [1.29, 1.82) is 0 Å². The van der Waals surface area contributed by atoms with Crippen LogP contribution in [0.25, 0.3) is 5.69 Å². The third kappa shape index (κ3) is 4.09. The summed E-state index contributed by atoms with van der Waals surface area (Å²) in [6, 6.07) is 5.75. The molecular weight excluding hydrogens is 433 g/mol. The van der Waals surface area contributed by atoms with Crippen molar-refractivity contribution in [3.63, 3.8) is 0 Å². The molecule has 2 heterocycles. The van der Waals surface area contributed by atoms with Gasteiger partial charge in [0, 0.05) is 23.6 Å². The molecule has 0 aliphatic carbocycles. The number of rotatable bonds is 5. The highest BCUT2D eigenvalue weighted by molar-refractivity contribution is 6.08. The zero-order valence-electron chi connectivity index (χ0n) is 18.0. The summed E-state index contributed by atoms with van der Waals surface area (Å²) in [6.45, 7) is 5.20. The van der Waals surface area contributed by atoms with Gasteiger partial charge >= 0.3 is 0 Å². The number of aromatic nitrogens is 4. The predicted molar refractivity (Wildman–Crippen MR) is 115 cm³/mol. The molecule has 0 N–H and O–H groups in total. The highest BCUT2D eigenvalue weighted by Crippen LogP contribution is 2.22. The van der Waals surface area contributed by atoms with Crippen LogP contribution in [0.3, 0.4) is 0 Å². The molecule has 1 unspecified atom stereocenters. The number of aryl methyl sites for hydroxylation is 2. The summed E-state index contributed by atoms with van der Waals surface area (Å²) in [5.74, 6) is -4.87. The summed E-state index contributed by atoms with van der Waals surface area (Å²) >= 11 is 0. The molecule has 4 rings (SSSR count). The Hall–Kier alpha value is -4.01. The lowest BCUT2D eigenvalue weighted by molar-refractivity contribution is 0.103. The maximum atomic E-state index is 13.7. The second-order valence-electron chi connectivity index (χ2n) is 7.75. The number of carbonyl (C=O) groups excluding carboxylic acids is 1. The fourth-order valence-corrected chi connectivity index (χ4v) is 3.63. The minimum Gasteiger partial charge on any atom is -0.306 e. The second kappa shape index (κ2) is 8.50. The first-order chi connectivity index (χ1) is 15.7. The minimum absolute atomic E-state index is 0.0238. The Bertz CT molecular complexity index is 1420. The van der Waals surface area contributed by atoms with E-state index in [1.165, 1.54) is 13.3 Å². The Kier molecular flexibility index (Phi) is 5.71. The van der Waals surface area contributed by atoms with E-state index in [1.54, 1.807) is 24.5 Å². The number of ketones is 1. The van der Waals surface area contributed by atoms with Crippen molar-refractivity contribution in [3.05, 3.63) is 111 Å². The molecule has 0 aliphatic heterocycles. The van der Waals surface area contributed by atoms with Gasteiger partial charge in [0.05, 0.1) is 24.4 Å². The Morgan fingerprint density at radius 2 is 1.73 bits per heavy atom. The van der Waals surface area contributed by atoms with E-state index in [0.717, 1.165) is 39.8 Å². The van der Waals surface area contributed by atoms with Crippen molar-refractivity contribution in [2.75, 3.05) is 0 Å². The van der Waals surface area contributed by atoms with Gasteiger partial charge in [-0.1, -0.05) is 0 Å². The number of hydrogen-bond donors (Lipinski definition) is 0. The summed E-state index contributed by atoms with van der Waals surface area (Å²) < 4.78 is 43.5. The monoisotopic (exact) mass is 452 g/mol. The van der Waals surface area contributed by atoms with E-state index in [4.69, 9.17) is 0 Å². The predicted octanol–water partition coefficient (Wildman–Crippen LogP) is 4.30. The van der Waals surface area contributed by atoms with Gasteiger partial charge in [0.15, 0.2) is 23.2 Å². The molecule has 0 saturated heterocycles. The fraction of sp³-hybridized carbons (Fsp3) is 0.167. The van der Waals surface area contributed by atoms with Gasteiger partial charge in [-0.05, 0) is 62.2 Å². The van der Waals surface area contributed by atoms with Gasteiger partial charge in [0.2, 0.25) is 0 Å². The van der Waals surface area contributed by atoms with Gasteiger partial charge in [-0.25, -0.2) is 23.1 Å². The maximum absolute atomic E-state index is 13.7. The van der Waals surface area contributed by atoms with Gasteiger partial charge in [-0.2, -0.15) is 0 Å². The van der Waals surface area contributed by atoms with Crippen LogP contribution in [0.5, 0.6) is 0 Å². The molecule has 6 nitrogen and oxygen atoms in total. The third-order valence-electron chi connectivity index (χ3n) is 5.46. The van der Waals surface area contributed by atoms with Crippen LogP contribution in [-0.2, 0) is 0 Å². The van der Waals surface area contributed by atoms with E-state index in [-0.39, 0.29) is 16.7 Å². The molecule has 0 fully saturated rings. The van der Waals surface area contributed by atoms with Crippen LogP contribution in [0, 0.1) is 31.3 Å². The lowest BCUT2D eigenvalue weighted by Gasteiger charge is -2.16. The fourth-order valence-electron chi connectivity index (χ4n) is 3.63. The van der Waals surface area contributed by atoms with Crippen molar-refractivity contribution in [3.8, 4) is 5.69 Å². The van der Waals surface area contributed by atoms with Crippen LogP contribution >= 0.6 is 0 Å². The van der Waals surface area contributed by atoms with E-state index in [2.05, 4.69) is 9.97 Å². The molecule has 0 spiro atoms. The van der Waals surface area contributed by atoms with E-state index >= 15 is 0 Å². The van der Waals surface area contributed by atoms with Crippen LogP contribution in [-0.4, -0.2) is 24.9 Å². The number of benzene rings is 2. The number of carbonyl (C=O) groups is 1. The van der Waals surface area contributed by atoms with Crippen molar-refractivity contribution < 1.29 is 18.0 Å². The second-order valence-corrected chi connectivity index (χ2v) is 7.75. The molecule has 2 aromatic heterocycles. The van der Waals surface area contributed by atoms with E-state index < -0.39 is 34.8 Å². The van der Waals surface area contributed by atoms with Crippen LogP contribution in [0.4, 0.5) is 13.2 Å². The molecular formula is C24H19F3N4O2. The number of halogens is 3. The molecule has 33 heavy (non-hydrogen) atoms. The van der Waals surface area contributed by atoms with E-state index in [0.29, 0.717) is 0 Å². The van der Waals surface area contributed by atoms with E-state index in [1.807, 2.05) is 24.6 Å². The Morgan fingerprint density at radius 1 is 1.03 bits per heavy atom. The molecule has 0 radical (unpaired) electrons. The molecule has 1 atom stereocenters. The van der Waals surface area contributed by atoms with Crippen LogP contribution in [0.2, 0.25) is 0 Å². The first-order valence-electron chi connectivity index (χ1n) is 10.0. The summed E-state index contributed by atoms with van der Waals surface area (Å²) in [7, 11) is 0. The topological polar surface area (TPSA) is 69.8 Å². The maximum Gasteiger partial charge on any atom is 0.265 e. The van der Waals surface area contributed by atoms with Crippen LogP contribution < -0.4 is 5.56 Å². The Labute approximate surface area is 187 Å². The zero-order chi connectivity index (χ0) is 23.9. The van der Waals surface area contributed by atoms with Crippen molar-refractivity contribution in [2.45, 2.75) is 26.8 Å². The molecule has 168 valence electrons. The van der Waals surface area contributed by atoms with Crippen LogP contribution in [0.15, 0.2) is 60.2 Å². The molecule has 2 aromatic carbocycles. The average Bonchev–Trinajstić information content (AvgIpc) is 3.22. The lowest BCUT2D eigenvalue weighted by atomic mass is 10.0. The minimum atomic E-state index is -1.59. The van der Waals surface area contributed by atoms with Crippen molar-refractivity contribution in [1.82, 2.24) is 19.1 Å². The van der Waals surface area contributed by atoms with Gasteiger partial charge in [-0.3, -0.25) is 14.2 Å². The summed E-state index contributed by atoms with van der Waals surface area (Å²) in [5, 5.41) is 0. The normalized spacial score (nSPS) is 12.1. The quantitative estimate of drug-likeness (QED) is 0.334. The summed E-state index contributed by atoms with van der Waals surface area (Å²) in [6.07, 6.45) is 5.84. The third-order valence-corrected chi connectivity index (χ3v) is 5.46. The van der Waals surface area contributed by atoms with Gasteiger partial charge < -0.3 is 4.57 Å². The first-order valence-corrected chi connectivity index (χ1v) is 10.0. The van der Waals surface area contributed by atoms with Gasteiger partial charge in [0.25, 0.3) is 5.56 Å². The number of imidazole rings is 1. The molecule has 0 amide bonds. The first kappa shape index (κ1) is 22.2. The lowest BCUT2D eigenvalue weighted by Crippen LogP contribution is -2.29. The standard InChI is InChI=1S/C24H19F3N4O2/c1-13-6-16(4-5-21(13)30-10-14(2)29-12-30)23(32)18-9-28-11-31(24(18)33)15(3)17-7-19(25)22(27)20(26)8-17/h4-12,15H,1-3H3. The smallest absolute Gasteiger partial charge is 0.265 e. The number of hydrogen-bond acceptors (Lipinski definition) is 4.